The summed E-state index contributed by atoms with van der Waals surface area (Å²) in [6.45, 7) is 1.67. The maximum absolute atomic E-state index is 13.2. The summed E-state index contributed by atoms with van der Waals surface area (Å²) in [7, 11) is 0. The van der Waals surface area contributed by atoms with Gasteiger partial charge in [-0.3, -0.25) is 0 Å². The van der Waals surface area contributed by atoms with E-state index >= 15 is 0 Å². The Balaban J connectivity index is 5.07. The number of halogens is 4. The minimum atomic E-state index is -1.38. The van der Waals surface area contributed by atoms with Gasteiger partial charge in [0, 0.05) is 0 Å². The van der Waals surface area contributed by atoms with Crippen LogP contribution in [0.5, 0.6) is 0 Å². The summed E-state index contributed by atoms with van der Waals surface area (Å²) in [5.41, 5.74) is 0. The second-order valence-electron chi connectivity index (χ2n) is 2.21. The molecule has 0 atom stereocenters. The third kappa shape index (κ3) is 4.34. The monoisotopic (exact) mass is 258 g/mol. The van der Waals surface area contributed by atoms with E-state index < -0.39 is 21.5 Å². The fraction of sp³-hybridized carbons (Fsp3) is 0.333. The van der Waals surface area contributed by atoms with Crippen molar-refractivity contribution in [1.82, 2.24) is 0 Å². The summed E-state index contributed by atoms with van der Waals surface area (Å²) in [5.74, 6) is -2.36. The lowest BCUT2D eigenvalue weighted by molar-refractivity contribution is 0.560. The number of thioether (sulfide) groups is 2. The minimum absolute atomic E-state index is 0.0285. The maximum Gasteiger partial charge on any atom is 0.175 e. The van der Waals surface area contributed by atoms with Crippen LogP contribution in [0.15, 0.2) is 34.1 Å². The van der Waals surface area contributed by atoms with E-state index in [-0.39, 0.29) is 12.7 Å². The van der Waals surface area contributed by atoms with Crippen LogP contribution in [-0.4, -0.2) is 12.0 Å². The van der Waals surface area contributed by atoms with E-state index in [0.29, 0.717) is 17.5 Å². The molecule has 6 heteroatoms. The molecule has 0 saturated carbocycles. The van der Waals surface area contributed by atoms with Crippen molar-refractivity contribution in [2.24, 2.45) is 0 Å². The molecule has 0 aromatic heterocycles. The molecule has 0 fully saturated rings. The minimum Gasteiger partial charge on any atom is -0.214 e. The van der Waals surface area contributed by atoms with Gasteiger partial charge in [-0.25, -0.2) is 17.6 Å². The lowest BCUT2D eigenvalue weighted by Crippen LogP contribution is -1.87. The van der Waals surface area contributed by atoms with Gasteiger partial charge in [0.25, 0.3) is 0 Å². The summed E-state index contributed by atoms with van der Waals surface area (Å²) in [5, 5.41) is 0. The number of hydrogen-bond acceptors (Lipinski definition) is 2. The van der Waals surface area contributed by atoms with Crippen LogP contribution in [0.3, 0.4) is 0 Å². The van der Waals surface area contributed by atoms with Crippen LogP contribution in [0.2, 0.25) is 0 Å². The molecule has 0 aliphatic heterocycles. The largest absolute Gasteiger partial charge is 0.214 e. The zero-order chi connectivity index (χ0) is 11.8. The molecule has 0 amide bonds. The SMILES string of the molecule is CCSC(=C\F)/C(F)=C(F)\C(=C\F)SC. The van der Waals surface area contributed by atoms with Crippen molar-refractivity contribution >= 4 is 23.5 Å². The van der Waals surface area contributed by atoms with Gasteiger partial charge >= 0.3 is 0 Å². The summed E-state index contributed by atoms with van der Waals surface area (Å²) in [6.07, 6.45) is 1.31. The van der Waals surface area contributed by atoms with Gasteiger partial charge in [-0.1, -0.05) is 6.92 Å². The van der Waals surface area contributed by atoms with E-state index in [0.717, 1.165) is 11.8 Å². The average molecular weight is 258 g/mol. The standard InChI is InChI=1S/C9H10F4S2/c1-3-15-7(5-11)9(13)8(12)6(4-10)14-2/h4-5H,3H2,1-2H3/b6-4-,7-5-,9-8-. The summed E-state index contributed by atoms with van der Waals surface area (Å²) >= 11 is 1.51. The van der Waals surface area contributed by atoms with Gasteiger partial charge in [0.2, 0.25) is 0 Å². The molecule has 86 valence electrons. The highest BCUT2D eigenvalue weighted by atomic mass is 32.2. The molecule has 0 rings (SSSR count). The first-order valence-electron chi connectivity index (χ1n) is 3.95. The Hall–Kier alpha value is -0.360. The van der Waals surface area contributed by atoms with Crippen molar-refractivity contribution in [2.45, 2.75) is 6.92 Å². The number of allylic oxidation sites excluding steroid dienone is 2. The van der Waals surface area contributed by atoms with Gasteiger partial charge in [0.1, 0.15) is 12.7 Å². The molecular formula is C9H10F4S2. The highest BCUT2D eigenvalue weighted by molar-refractivity contribution is 8.03. The first kappa shape index (κ1) is 14.6. The van der Waals surface area contributed by atoms with Gasteiger partial charge in [-0.15, -0.1) is 23.5 Å². The lowest BCUT2D eigenvalue weighted by atomic mass is 10.4. The van der Waals surface area contributed by atoms with E-state index in [9.17, 15) is 17.6 Å². The first-order chi connectivity index (χ1) is 7.12. The molecule has 0 aromatic carbocycles. The quantitative estimate of drug-likeness (QED) is 0.509. The van der Waals surface area contributed by atoms with Crippen LogP contribution in [0.25, 0.3) is 0 Å². The highest BCUT2D eigenvalue weighted by Gasteiger charge is 2.16. The second-order valence-corrected chi connectivity index (χ2v) is 4.37. The molecule has 0 bridgehead atoms. The summed E-state index contributed by atoms with van der Waals surface area (Å²) < 4.78 is 50.7. The first-order valence-corrected chi connectivity index (χ1v) is 6.16. The van der Waals surface area contributed by atoms with Crippen molar-refractivity contribution in [2.75, 3.05) is 12.0 Å². The van der Waals surface area contributed by atoms with Gasteiger partial charge in [-0.05, 0) is 12.0 Å². The number of rotatable bonds is 5. The molecule has 0 aliphatic rings. The third-order valence-corrected chi connectivity index (χ3v) is 2.92. The van der Waals surface area contributed by atoms with E-state index in [1.54, 1.807) is 6.92 Å². The van der Waals surface area contributed by atoms with Crippen molar-refractivity contribution in [3.05, 3.63) is 34.1 Å². The van der Waals surface area contributed by atoms with Crippen LogP contribution in [0.1, 0.15) is 6.92 Å². The third-order valence-electron chi connectivity index (χ3n) is 1.34. The van der Waals surface area contributed by atoms with Crippen molar-refractivity contribution in [3.8, 4) is 0 Å². The van der Waals surface area contributed by atoms with Crippen LogP contribution >= 0.6 is 23.5 Å². The van der Waals surface area contributed by atoms with Crippen LogP contribution in [0.4, 0.5) is 17.6 Å². The topological polar surface area (TPSA) is 0 Å². The van der Waals surface area contributed by atoms with E-state index in [4.69, 9.17) is 0 Å². The number of hydrogen-bond donors (Lipinski definition) is 0. The van der Waals surface area contributed by atoms with Crippen molar-refractivity contribution in [3.63, 3.8) is 0 Å². The molecule has 0 radical (unpaired) electrons. The Morgan fingerprint density at radius 1 is 1.07 bits per heavy atom. The fourth-order valence-electron chi connectivity index (χ4n) is 0.697. The van der Waals surface area contributed by atoms with E-state index in [2.05, 4.69) is 0 Å². The smallest absolute Gasteiger partial charge is 0.175 e. The Bertz CT molecular complexity index is 294. The summed E-state index contributed by atoms with van der Waals surface area (Å²) in [6, 6.07) is 0. The molecule has 0 unspecified atom stereocenters. The molecule has 0 aliphatic carbocycles. The molecule has 0 aromatic rings. The van der Waals surface area contributed by atoms with Gasteiger partial charge in [0.15, 0.2) is 11.7 Å². The van der Waals surface area contributed by atoms with Crippen molar-refractivity contribution in [1.29, 1.82) is 0 Å². The van der Waals surface area contributed by atoms with Gasteiger partial charge in [0.05, 0.1) is 9.81 Å². The zero-order valence-corrected chi connectivity index (χ0v) is 9.82. The predicted molar refractivity (Wildman–Crippen MR) is 59.3 cm³/mol. The van der Waals surface area contributed by atoms with Crippen LogP contribution < -0.4 is 0 Å². The van der Waals surface area contributed by atoms with Crippen LogP contribution in [0, 0.1) is 0 Å². The van der Waals surface area contributed by atoms with E-state index in [1.165, 1.54) is 6.26 Å². The van der Waals surface area contributed by atoms with E-state index in [1.807, 2.05) is 0 Å². The lowest BCUT2D eigenvalue weighted by Gasteiger charge is -2.03. The predicted octanol–water partition coefficient (Wildman–Crippen LogP) is 4.87. The Morgan fingerprint density at radius 2 is 1.53 bits per heavy atom. The van der Waals surface area contributed by atoms with Crippen molar-refractivity contribution < 1.29 is 17.6 Å². The normalized spacial score (nSPS) is 15.3. The molecule has 15 heavy (non-hydrogen) atoms. The Morgan fingerprint density at radius 3 is 1.87 bits per heavy atom. The Labute approximate surface area is 94.5 Å². The fourth-order valence-corrected chi connectivity index (χ4v) is 1.64. The molecular weight excluding hydrogens is 248 g/mol. The molecule has 0 N–H and O–H groups in total. The average Bonchev–Trinajstić information content (AvgIpc) is 2.26. The maximum atomic E-state index is 13.2. The second kappa shape index (κ2) is 7.87. The zero-order valence-electron chi connectivity index (χ0n) is 8.19. The van der Waals surface area contributed by atoms with Gasteiger partial charge in [-0.2, -0.15) is 0 Å². The Kier molecular flexibility index (Phi) is 7.68. The molecule has 0 saturated heterocycles. The molecule has 0 nitrogen and oxygen atoms in total. The van der Waals surface area contributed by atoms with Crippen LogP contribution in [-0.2, 0) is 0 Å². The molecule has 0 spiro atoms. The highest BCUT2D eigenvalue weighted by Crippen LogP contribution is 2.34. The van der Waals surface area contributed by atoms with Gasteiger partial charge < -0.3 is 0 Å². The molecule has 0 heterocycles. The summed E-state index contributed by atoms with van der Waals surface area (Å²) in [4.78, 5) is -0.966.